The summed E-state index contributed by atoms with van der Waals surface area (Å²) in [5.74, 6) is -1.27. The number of halogens is 1. The number of para-hydroxylation sites is 1. The van der Waals surface area contributed by atoms with Crippen LogP contribution in [0.2, 0.25) is 0 Å². The number of nitrogens with zero attached hydrogens (tertiary/aromatic N) is 2. The summed E-state index contributed by atoms with van der Waals surface area (Å²) >= 11 is 0. The standard InChI is InChI=1S/C15H10FN3O2/c16-11-5-1-2-6-12(11)18-14(20)10-9-17-13-7-3-4-8-19(13)15(10)21/h1-9H,(H,18,20). The third-order valence-electron chi connectivity index (χ3n) is 2.98. The fourth-order valence-electron chi connectivity index (χ4n) is 1.93. The predicted octanol–water partition coefficient (Wildman–Crippen LogP) is 2.09. The van der Waals surface area contributed by atoms with Crippen molar-refractivity contribution in [1.82, 2.24) is 9.38 Å². The maximum Gasteiger partial charge on any atom is 0.270 e. The number of carbonyl (C=O) groups excluding carboxylic acids is 1. The summed E-state index contributed by atoms with van der Waals surface area (Å²) in [6, 6.07) is 10.8. The number of amides is 1. The number of hydrogen-bond donors (Lipinski definition) is 1. The Kier molecular flexibility index (Phi) is 3.19. The number of fused-ring (bicyclic) bond motifs is 1. The van der Waals surface area contributed by atoms with E-state index < -0.39 is 17.3 Å². The highest BCUT2D eigenvalue weighted by molar-refractivity contribution is 6.03. The monoisotopic (exact) mass is 283 g/mol. The van der Waals surface area contributed by atoms with Gasteiger partial charge < -0.3 is 5.32 Å². The Morgan fingerprint density at radius 2 is 1.90 bits per heavy atom. The summed E-state index contributed by atoms with van der Waals surface area (Å²) in [5, 5.41) is 2.36. The van der Waals surface area contributed by atoms with E-state index in [0.29, 0.717) is 5.65 Å². The molecule has 2 aromatic heterocycles. The van der Waals surface area contributed by atoms with E-state index >= 15 is 0 Å². The molecule has 3 aromatic rings. The molecular weight excluding hydrogens is 273 g/mol. The van der Waals surface area contributed by atoms with Crippen molar-refractivity contribution in [3.63, 3.8) is 0 Å². The molecule has 0 saturated carbocycles. The first-order valence-corrected chi connectivity index (χ1v) is 6.19. The Morgan fingerprint density at radius 1 is 1.14 bits per heavy atom. The second-order valence-corrected chi connectivity index (χ2v) is 4.34. The van der Waals surface area contributed by atoms with E-state index in [0.717, 1.165) is 0 Å². The number of benzene rings is 1. The lowest BCUT2D eigenvalue weighted by molar-refractivity contribution is 0.102. The van der Waals surface area contributed by atoms with Crippen LogP contribution in [0.4, 0.5) is 10.1 Å². The van der Waals surface area contributed by atoms with Crippen molar-refractivity contribution in [2.75, 3.05) is 5.32 Å². The summed E-state index contributed by atoms with van der Waals surface area (Å²) in [6.45, 7) is 0. The number of anilines is 1. The maximum atomic E-state index is 13.5. The Hall–Kier alpha value is -3.02. The van der Waals surface area contributed by atoms with Crippen LogP contribution in [0.25, 0.3) is 5.65 Å². The third-order valence-corrected chi connectivity index (χ3v) is 2.98. The minimum atomic E-state index is -0.698. The molecule has 104 valence electrons. The molecule has 0 saturated heterocycles. The molecule has 0 aliphatic rings. The van der Waals surface area contributed by atoms with Gasteiger partial charge >= 0.3 is 0 Å². The lowest BCUT2D eigenvalue weighted by Crippen LogP contribution is -2.26. The molecule has 1 aromatic carbocycles. The fraction of sp³-hybridized carbons (Fsp3) is 0. The van der Waals surface area contributed by atoms with Crippen LogP contribution in [-0.2, 0) is 0 Å². The van der Waals surface area contributed by atoms with Crippen LogP contribution in [0, 0.1) is 5.82 Å². The highest BCUT2D eigenvalue weighted by Crippen LogP contribution is 2.13. The third kappa shape index (κ3) is 2.38. The highest BCUT2D eigenvalue weighted by atomic mass is 19.1. The van der Waals surface area contributed by atoms with Crippen LogP contribution >= 0.6 is 0 Å². The Bertz CT molecular complexity index is 889. The van der Waals surface area contributed by atoms with Crippen molar-refractivity contribution in [3.05, 3.63) is 76.6 Å². The van der Waals surface area contributed by atoms with E-state index in [1.54, 1.807) is 24.3 Å². The van der Waals surface area contributed by atoms with Crippen LogP contribution in [0.1, 0.15) is 10.4 Å². The summed E-state index contributed by atoms with van der Waals surface area (Å²) in [7, 11) is 0. The molecular formula is C15H10FN3O2. The van der Waals surface area contributed by atoms with Gasteiger partial charge in [0, 0.05) is 12.4 Å². The zero-order valence-corrected chi connectivity index (χ0v) is 10.8. The first-order chi connectivity index (χ1) is 10.2. The molecule has 21 heavy (non-hydrogen) atoms. The smallest absolute Gasteiger partial charge is 0.270 e. The van der Waals surface area contributed by atoms with Gasteiger partial charge in [-0.1, -0.05) is 18.2 Å². The minimum absolute atomic E-state index is 0.0139. The van der Waals surface area contributed by atoms with Gasteiger partial charge in [0.25, 0.3) is 11.5 Å². The summed E-state index contributed by atoms with van der Waals surface area (Å²) in [5.41, 5.74) is -0.207. The van der Waals surface area contributed by atoms with E-state index in [4.69, 9.17) is 0 Å². The van der Waals surface area contributed by atoms with Crippen molar-refractivity contribution in [1.29, 1.82) is 0 Å². The summed E-state index contributed by atoms with van der Waals surface area (Å²) in [4.78, 5) is 28.3. The predicted molar refractivity (Wildman–Crippen MR) is 75.8 cm³/mol. The number of carbonyl (C=O) groups is 1. The Balaban J connectivity index is 2.01. The second-order valence-electron chi connectivity index (χ2n) is 4.34. The molecule has 0 radical (unpaired) electrons. The van der Waals surface area contributed by atoms with Crippen molar-refractivity contribution in [3.8, 4) is 0 Å². The number of pyridine rings is 1. The Labute approximate surface area is 118 Å². The molecule has 0 aliphatic carbocycles. The number of rotatable bonds is 2. The van der Waals surface area contributed by atoms with Gasteiger partial charge in [-0.05, 0) is 24.3 Å². The van der Waals surface area contributed by atoms with Crippen LogP contribution in [-0.4, -0.2) is 15.3 Å². The van der Waals surface area contributed by atoms with Gasteiger partial charge in [-0.25, -0.2) is 9.37 Å². The largest absolute Gasteiger partial charge is 0.319 e. The van der Waals surface area contributed by atoms with E-state index in [9.17, 15) is 14.0 Å². The maximum absolute atomic E-state index is 13.5. The quantitative estimate of drug-likeness (QED) is 0.783. The molecule has 0 bridgehead atoms. The molecule has 1 N–H and O–H groups in total. The van der Waals surface area contributed by atoms with Crippen LogP contribution < -0.4 is 10.9 Å². The summed E-state index contributed by atoms with van der Waals surface area (Å²) < 4.78 is 14.8. The lowest BCUT2D eigenvalue weighted by atomic mass is 10.2. The molecule has 0 fully saturated rings. The van der Waals surface area contributed by atoms with E-state index in [2.05, 4.69) is 10.3 Å². The number of hydrogen-bond acceptors (Lipinski definition) is 3. The van der Waals surface area contributed by atoms with E-state index in [1.165, 1.54) is 35.0 Å². The molecule has 2 heterocycles. The van der Waals surface area contributed by atoms with Crippen molar-refractivity contribution in [2.24, 2.45) is 0 Å². The fourth-order valence-corrected chi connectivity index (χ4v) is 1.93. The van der Waals surface area contributed by atoms with Gasteiger partial charge in [0.2, 0.25) is 0 Å². The van der Waals surface area contributed by atoms with Gasteiger partial charge in [0.1, 0.15) is 17.0 Å². The van der Waals surface area contributed by atoms with Gasteiger partial charge in [-0.15, -0.1) is 0 Å². The number of aromatic nitrogens is 2. The highest BCUT2D eigenvalue weighted by Gasteiger charge is 2.14. The minimum Gasteiger partial charge on any atom is -0.319 e. The van der Waals surface area contributed by atoms with E-state index in [-0.39, 0.29) is 11.3 Å². The van der Waals surface area contributed by atoms with Crippen molar-refractivity contribution in [2.45, 2.75) is 0 Å². The number of nitrogens with one attached hydrogen (secondary N) is 1. The topological polar surface area (TPSA) is 63.5 Å². The zero-order chi connectivity index (χ0) is 14.8. The second kappa shape index (κ2) is 5.16. The molecule has 0 spiro atoms. The molecule has 0 atom stereocenters. The summed E-state index contributed by atoms with van der Waals surface area (Å²) in [6.07, 6.45) is 2.71. The first-order valence-electron chi connectivity index (χ1n) is 6.19. The van der Waals surface area contributed by atoms with Gasteiger partial charge in [-0.2, -0.15) is 0 Å². The average molecular weight is 283 g/mol. The molecule has 0 unspecified atom stereocenters. The first kappa shape index (κ1) is 13.0. The molecule has 3 rings (SSSR count). The van der Waals surface area contributed by atoms with Gasteiger partial charge in [0.05, 0.1) is 5.69 Å². The molecule has 5 nitrogen and oxygen atoms in total. The lowest BCUT2D eigenvalue weighted by Gasteiger charge is -2.06. The average Bonchev–Trinajstić information content (AvgIpc) is 2.50. The van der Waals surface area contributed by atoms with Crippen LogP contribution in [0.5, 0.6) is 0 Å². The van der Waals surface area contributed by atoms with Crippen LogP contribution in [0.15, 0.2) is 59.7 Å². The van der Waals surface area contributed by atoms with E-state index in [1.807, 2.05) is 0 Å². The van der Waals surface area contributed by atoms with Crippen molar-refractivity contribution >= 4 is 17.2 Å². The molecule has 6 heteroatoms. The molecule has 0 aliphatic heterocycles. The van der Waals surface area contributed by atoms with Crippen LogP contribution in [0.3, 0.4) is 0 Å². The normalized spacial score (nSPS) is 10.5. The van der Waals surface area contributed by atoms with Gasteiger partial charge in [-0.3, -0.25) is 14.0 Å². The van der Waals surface area contributed by atoms with Crippen molar-refractivity contribution < 1.29 is 9.18 Å². The zero-order valence-electron chi connectivity index (χ0n) is 10.8. The SMILES string of the molecule is O=C(Nc1ccccc1F)c1cnc2ccccn2c1=O. The van der Waals surface area contributed by atoms with Gasteiger partial charge in [0.15, 0.2) is 0 Å². The molecule has 1 amide bonds. The Morgan fingerprint density at radius 3 is 2.71 bits per heavy atom.